The zero-order valence-electron chi connectivity index (χ0n) is 18.7. The number of ether oxygens (including phenoxy) is 1. The van der Waals surface area contributed by atoms with Crippen molar-refractivity contribution in [2.75, 3.05) is 6.54 Å². The Hall–Kier alpha value is -3.00. The number of nitrogens with zero attached hydrogens (tertiary/aromatic N) is 1. The Kier molecular flexibility index (Phi) is 7.16. The van der Waals surface area contributed by atoms with E-state index in [1.807, 2.05) is 24.3 Å². The van der Waals surface area contributed by atoms with Gasteiger partial charge < -0.3 is 9.53 Å². The predicted octanol–water partition coefficient (Wildman–Crippen LogP) is 4.83. The molecule has 0 N–H and O–H groups in total. The van der Waals surface area contributed by atoms with Gasteiger partial charge in [-0.05, 0) is 66.8 Å². The van der Waals surface area contributed by atoms with Crippen LogP contribution in [-0.2, 0) is 34.2 Å². The number of aryl methyl sites for hydroxylation is 1. The second-order valence-electron chi connectivity index (χ2n) is 8.24. The van der Waals surface area contributed by atoms with E-state index < -0.39 is 16.0 Å². The van der Waals surface area contributed by atoms with Gasteiger partial charge in [0.15, 0.2) is 0 Å². The third kappa shape index (κ3) is 5.38. The Labute approximate surface area is 204 Å². The first kappa shape index (κ1) is 24.1. The lowest BCUT2D eigenvalue weighted by Crippen LogP contribution is -2.36. The number of hydrogen-bond acceptors (Lipinski definition) is 5. The van der Waals surface area contributed by atoms with Crippen molar-refractivity contribution in [3.8, 4) is 5.75 Å². The summed E-state index contributed by atoms with van der Waals surface area (Å²) in [5.41, 5.74) is 3.12. The second-order valence-corrected chi connectivity index (χ2v) is 10.6. The Morgan fingerprint density at radius 2 is 1.71 bits per heavy atom. The van der Waals surface area contributed by atoms with E-state index in [9.17, 15) is 18.0 Å². The minimum absolute atomic E-state index is 0.0465. The standard InChI is InChI=1S/C26H24ClNO5S/c1-18(29)6-7-19-8-11-23(12-9-19)33-26(30)21-10-13-24(27)25(16-21)34(31,32)28-15-14-20-4-2-3-5-22(20)17-28/h2-5,8-13,16H,6-7,14-15,17H2,1H3. The molecule has 4 rings (SSSR count). The lowest BCUT2D eigenvalue weighted by Gasteiger charge is -2.28. The van der Waals surface area contributed by atoms with Crippen molar-refractivity contribution in [1.29, 1.82) is 0 Å². The summed E-state index contributed by atoms with van der Waals surface area (Å²) in [7, 11) is -3.92. The third-order valence-electron chi connectivity index (χ3n) is 5.78. The van der Waals surface area contributed by atoms with Crippen molar-refractivity contribution in [2.45, 2.75) is 37.6 Å². The Morgan fingerprint density at radius 3 is 2.41 bits per heavy atom. The van der Waals surface area contributed by atoms with Crippen LogP contribution in [0.3, 0.4) is 0 Å². The van der Waals surface area contributed by atoms with E-state index >= 15 is 0 Å². The average Bonchev–Trinajstić information content (AvgIpc) is 2.83. The number of fused-ring (bicyclic) bond motifs is 1. The molecule has 0 bridgehead atoms. The Morgan fingerprint density at radius 1 is 1.00 bits per heavy atom. The molecule has 3 aromatic rings. The van der Waals surface area contributed by atoms with Gasteiger partial charge in [0.2, 0.25) is 10.0 Å². The van der Waals surface area contributed by atoms with Crippen LogP contribution in [0.25, 0.3) is 0 Å². The van der Waals surface area contributed by atoms with Gasteiger partial charge in [0.05, 0.1) is 10.6 Å². The summed E-state index contributed by atoms with van der Waals surface area (Å²) in [5, 5.41) is 0.0465. The molecule has 0 unspecified atom stereocenters. The number of sulfonamides is 1. The number of halogens is 1. The van der Waals surface area contributed by atoms with E-state index in [-0.39, 0.29) is 27.8 Å². The number of rotatable bonds is 7. The van der Waals surface area contributed by atoms with E-state index in [1.54, 1.807) is 31.2 Å². The van der Waals surface area contributed by atoms with Gasteiger partial charge in [-0.25, -0.2) is 13.2 Å². The molecule has 0 radical (unpaired) electrons. The van der Waals surface area contributed by atoms with Crippen LogP contribution in [0.4, 0.5) is 0 Å². The van der Waals surface area contributed by atoms with E-state index in [4.69, 9.17) is 16.3 Å². The van der Waals surface area contributed by atoms with Crippen molar-refractivity contribution < 1.29 is 22.7 Å². The van der Waals surface area contributed by atoms with Crippen LogP contribution in [0.15, 0.2) is 71.6 Å². The first-order valence-corrected chi connectivity index (χ1v) is 12.7. The number of esters is 1. The number of benzene rings is 3. The van der Waals surface area contributed by atoms with E-state index in [0.717, 1.165) is 16.7 Å². The Bertz CT molecular complexity index is 1340. The molecule has 0 saturated carbocycles. The molecule has 0 aromatic heterocycles. The maximum Gasteiger partial charge on any atom is 0.343 e. The molecule has 8 heteroatoms. The van der Waals surface area contributed by atoms with Crippen LogP contribution in [0.1, 0.15) is 40.4 Å². The fraction of sp³-hybridized carbons (Fsp3) is 0.231. The molecule has 6 nitrogen and oxygen atoms in total. The van der Waals surface area contributed by atoms with Crippen LogP contribution in [0.2, 0.25) is 5.02 Å². The lowest BCUT2D eigenvalue weighted by molar-refractivity contribution is -0.116. The first-order chi connectivity index (χ1) is 16.2. The van der Waals surface area contributed by atoms with Gasteiger partial charge in [-0.15, -0.1) is 0 Å². The van der Waals surface area contributed by atoms with Gasteiger partial charge >= 0.3 is 5.97 Å². The highest BCUT2D eigenvalue weighted by atomic mass is 35.5. The molecule has 0 saturated heterocycles. The lowest BCUT2D eigenvalue weighted by atomic mass is 10.0. The fourth-order valence-electron chi connectivity index (χ4n) is 3.85. The highest BCUT2D eigenvalue weighted by molar-refractivity contribution is 7.89. The summed E-state index contributed by atoms with van der Waals surface area (Å²) in [6, 6.07) is 18.7. The molecule has 0 aliphatic carbocycles. The second kappa shape index (κ2) is 10.1. The SMILES string of the molecule is CC(=O)CCc1ccc(OC(=O)c2ccc(Cl)c(S(=O)(=O)N3CCc4ccccc4C3)c2)cc1. The minimum Gasteiger partial charge on any atom is -0.423 e. The molecule has 0 fully saturated rings. The number of ketones is 1. The molecule has 0 amide bonds. The number of carbonyl (C=O) groups excluding carboxylic acids is 2. The van der Waals surface area contributed by atoms with Gasteiger partial charge in [0.1, 0.15) is 16.4 Å². The smallest absolute Gasteiger partial charge is 0.343 e. The molecule has 3 aromatic carbocycles. The largest absolute Gasteiger partial charge is 0.423 e. The summed E-state index contributed by atoms with van der Waals surface area (Å²) in [4.78, 5) is 23.7. The van der Waals surface area contributed by atoms with E-state index in [1.165, 1.54) is 22.5 Å². The summed E-state index contributed by atoms with van der Waals surface area (Å²) < 4.78 is 33.5. The van der Waals surface area contributed by atoms with Gasteiger partial charge in [0, 0.05) is 19.5 Å². The summed E-state index contributed by atoms with van der Waals surface area (Å²) in [6.45, 7) is 2.13. The van der Waals surface area contributed by atoms with Crippen LogP contribution in [0.5, 0.6) is 5.75 Å². The third-order valence-corrected chi connectivity index (χ3v) is 8.11. The molecule has 1 aliphatic rings. The van der Waals surface area contributed by atoms with Crippen LogP contribution >= 0.6 is 11.6 Å². The quantitative estimate of drug-likeness (QED) is 0.345. The number of carbonyl (C=O) groups is 2. The zero-order valence-corrected chi connectivity index (χ0v) is 20.2. The number of Topliss-reactive ketones (excluding diaryl/α,β-unsaturated/α-hetero) is 1. The molecule has 176 valence electrons. The average molecular weight is 498 g/mol. The molecular formula is C26H24ClNO5S. The minimum atomic E-state index is -3.92. The van der Waals surface area contributed by atoms with Crippen molar-refractivity contribution in [3.63, 3.8) is 0 Å². The highest BCUT2D eigenvalue weighted by Crippen LogP contribution is 2.30. The molecule has 0 spiro atoms. The monoisotopic (exact) mass is 497 g/mol. The molecular weight excluding hydrogens is 474 g/mol. The normalized spacial score (nSPS) is 13.8. The van der Waals surface area contributed by atoms with Gasteiger partial charge in [-0.1, -0.05) is 48.0 Å². The van der Waals surface area contributed by atoms with Gasteiger partial charge in [-0.3, -0.25) is 0 Å². The maximum absolute atomic E-state index is 13.4. The summed E-state index contributed by atoms with van der Waals surface area (Å²) in [5.74, 6) is -0.255. The topological polar surface area (TPSA) is 80.8 Å². The van der Waals surface area contributed by atoms with E-state index in [0.29, 0.717) is 31.6 Å². The highest BCUT2D eigenvalue weighted by Gasteiger charge is 2.30. The molecule has 34 heavy (non-hydrogen) atoms. The van der Waals surface area contributed by atoms with Gasteiger partial charge in [0.25, 0.3) is 0 Å². The molecule has 1 aliphatic heterocycles. The summed E-state index contributed by atoms with van der Waals surface area (Å²) in [6.07, 6.45) is 1.67. The summed E-state index contributed by atoms with van der Waals surface area (Å²) >= 11 is 6.25. The van der Waals surface area contributed by atoms with Crippen molar-refractivity contribution in [3.05, 3.63) is 94.0 Å². The van der Waals surface area contributed by atoms with Crippen LogP contribution in [-0.4, -0.2) is 31.0 Å². The van der Waals surface area contributed by atoms with Crippen molar-refractivity contribution >= 4 is 33.4 Å². The van der Waals surface area contributed by atoms with Crippen molar-refractivity contribution in [2.24, 2.45) is 0 Å². The molecule has 1 heterocycles. The van der Waals surface area contributed by atoms with Crippen LogP contribution < -0.4 is 4.74 Å². The van der Waals surface area contributed by atoms with Crippen LogP contribution in [0, 0.1) is 0 Å². The maximum atomic E-state index is 13.4. The first-order valence-electron chi connectivity index (χ1n) is 10.9. The van der Waals surface area contributed by atoms with E-state index in [2.05, 4.69) is 0 Å². The Balaban J connectivity index is 1.51. The fourth-order valence-corrected chi connectivity index (χ4v) is 5.77. The predicted molar refractivity (Wildman–Crippen MR) is 130 cm³/mol. The number of hydrogen-bond donors (Lipinski definition) is 0. The zero-order chi connectivity index (χ0) is 24.3. The van der Waals surface area contributed by atoms with Crippen molar-refractivity contribution in [1.82, 2.24) is 4.31 Å². The van der Waals surface area contributed by atoms with Gasteiger partial charge in [-0.2, -0.15) is 4.31 Å². The molecule has 0 atom stereocenters.